The third-order valence-corrected chi connectivity index (χ3v) is 5.26. The highest BCUT2D eigenvalue weighted by Crippen LogP contribution is 2.25. The summed E-state index contributed by atoms with van der Waals surface area (Å²) in [6.07, 6.45) is 0. The first kappa shape index (κ1) is 18.0. The van der Waals surface area contributed by atoms with Crippen LogP contribution in [-0.4, -0.2) is 39.3 Å². The first-order chi connectivity index (χ1) is 11.3. The van der Waals surface area contributed by atoms with E-state index in [0.29, 0.717) is 11.4 Å². The van der Waals surface area contributed by atoms with E-state index in [4.69, 9.17) is 4.74 Å². The molecule has 0 bridgehead atoms. The van der Waals surface area contributed by atoms with Crippen LogP contribution in [0.3, 0.4) is 0 Å². The van der Waals surface area contributed by atoms with Crippen LogP contribution in [0.2, 0.25) is 0 Å². The SMILES string of the molecule is COc1ccc(C)cc1NC(=O)CN(C)S(=O)(=O)c1ccccc1. The van der Waals surface area contributed by atoms with Gasteiger partial charge in [0.05, 0.1) is 24.2 Å². The van der Waals surface area contributed by atoms with Gasteiger partial charge in [-0.25, -0.2) is 8.42 Å². The Morgan fingerprint density at radius 1 is 1.17 bits per heavy atom. The lowest BCUT2D eigenvalue weighted by Crippen LogP contribution is -2.35. The number of aryl methyl sites for hydroxylation is 1. The molecule has 0 spiro atoms. The molecule has 1 N–H and O–H groups in total. The van der Waals surface area contributed by atoms with Gasteiger partial charge in [-0.2, -0.15) is 4.31 Å². The third-order valence-electron chi connectivity index (χ3n) is 3.45. The number of amides is 1. The highest BCUT2D eigenvalue weighted by atomic mass is 32.2. The van der Waals surface area contributed by atoms with Crippen molar-refractivity contribution in [1.82, 2.24) is 4.31 Å². The van der Waals surface area contributed by atoms with Crippen LogP contribution < -0.4 is 10.1 Å². The van der Waals surface area contributed by atoms with E-state index in [1.54, 1.807) is 30.3 Å². The Morgan fingerprint density at radius 2 is 1.83 bits per heavy atom. The number of nitrogens with one attached hydrogen (secondary N) is 1. The maximum absolute atomic E-state index is 12.4. The molecule has 24 heavy (non-hydrogen) atoms. The van der Waals surface area contributed by atoms with Gasteiger partial charge in [-0.15, -0.1) is 0 Å². The van der Waals surface area contributed by atoms with Crippen LogP contribution in [0, 0.1) is 6.92 Å². The zero-order valence-electron chi connectivity index (χ0n) is 13.8. The average Bonchev–Trinajstić information content (AvgIpc) is 2.55. The van der Waals surface area contributed by atoms with E-state index < -0.39 is 15.9 Å². The standard InChI is InChI=1S/C17H20N2O4S/c1-13-9-10-16(23-3)15(11-13)18-17(20)12-19(2)24(21,22)14-7-5-4-6-8-14/h4-11H,12H2,1-3H3,(H,18,20). The molecule has 128 valence electrons. The predicted molar refractivity (Wildman–Crippen MR) is 92.6 cm³/mol. The summed E-state index contributed by atoms with van der Waals surface area (Å²) in [5.74, 6) is 0.0726. The highest BCUT2D eigenvalue weighted by molar-refractivity contribution is 7.89. The van der Waals surface area contributed by atoms with E-state index in [2.05, 4.69) is 5.32 Å². The van der Waals surface area contributed by atoms with Gasteiger partial charge in [0.25, 0.3) is 0 Å². The van der Waals surface area contributed by atoms with Gasteiger partial charge in [0.1, 0.15) is 5.75 Å². The maximum Gasteiger partial charge on any atom is 0.243 e. The Morgan fingerprint density at radius 3 is 2.46 bits per heavy atom. The number of carbonyl (C=O) groups is 1. The molecule has 0 aromatic heterocycles. The third kappa shape index (κ3) is 4.12. The Kier molecular flexibility index (Phi) is 5.58. The fourth-order valence-corrected chi connectivity index (χ4v) is 3.32. The molecule has 0 fully saturated rings. The van der Waals surface area contributed by atoms with Gasteiger partial charge in [-0.3, -0.25) is 4.79 Å². The summed E-state index contributed by atoms with van der Waals surface area (Å²) in [7, 11) is -0.832. The number of hydrogen-bond donors (Lipinski definition) is 1. The first-order valence-corrected chi connectivity index (χ1v) is 8.74. The molecular weight excluding hydrogens is 328 g/mol. The second kappa shape index (κ2) is 7.46. The van der Waals surface area contributed by atoms with E-state index in [-0.39, 0.29) is 11.4 Å². The molecule has 1 amide bonds. The van der Waals surface area contributed by atoms with Crippen molar-refractivity contribution in [3.8, 4) is 5.75 Å². The zero-order chi connectivity index (χ0) is 17.7. The number of methoxy groups -OCH3 is 1. The van der Waals surface area contributed by atoms with Gasteiger partial charge in [-0.05, 0) is 36.8 Å². The number of likely N-dealkylation sites (N-methyl/N-ethyl adjacent to an activating group) is 1. The minimum Gasteiger partial charge on any atom is -0.495 e. The van der Waals surface area contributed by atoms with Crippen LogP contribution in [0.15, 0.2) is 53.4 Å². The Bertz CT molecular complexity index is 820. The summed E-state index contributed by atoms with van der Waals surface area (Å²) >= 11 is 0. The molecule has 0 saturated heterocycles. The quantitative estimate of drug-likeness (QED) is 0.869. The van der Waals surface area contributed by atoms with Crippen molar-refractivity contribution in [2.45, 2.75) is 11.8 Å². The molecule has 0 unspecified atom stereocenters. The predicted octanol–water partition coefficient (Wildman–Crippen LogP) is 2.26. The second-order valence-electron chi connectivity index (χ2n) is 5.33. The summed E-state index contributed by atoms with van der Waals surface area (Å²) in [4.78, 5) is 12.4. The number of rotatable bonds is 6. The van der Waals surface area contributed by atoms with Gasteiger partial charge in [-0.1, -0.05) is 24.3 Å². The molecular formula is C17H20N2O4S. The molecule has 0 radical (unpaired) electrons. The molecule has 2 aromatic carbocycles. The number of anilines is 1. The van der Waals surface area contributed by atoms with Crippen molar-refractivity contribution in [3.63, 3.8) is 0 Å². The van der Waals surface area contributed by atoms with Crippen molar-refractivity contribution in [2.75, 3.05) is 26.0 Å². The minimum atomic E-state index is -3.71. The topological polar surface area (TPSA) is 75.7 Å². The Labute approximate surface area is 142 Å². The van der Waals surface area contributed by atoms with Gasteiger partial charge < -0.3 is 10.1 Å². The average molecular weight is 348 g/mol. The number of ether oxygens (including phenoxy) is 1. The molecule has 0 atom stereocenters. The molecule has 0 saturated carbocycles. The second-order valence-corrected chi connectivity index (χ2v) is 7.37. The van der Waals surface area contributed by atoms with E-state index in [1.165, 1.54) is 26.3 Å². The molecule has 7 heteroatoms. The van der Waals surface area contributed by atoms with Crippen LogP contribution >= 0.6 is 0 Å². The molecule has 0 heterocycles. The summed E-state index contributed by atoms with van der Waals surface area (Å²) in [6.45, 7) is 1.59. The number of benzene rings is 2. The van der Waals surface area contributed by atoms with Gasteiger partial charge >= 0.3 is 0 Å². The number of nitrogens with zero attached hydrogens (tertiary/aromatic N) is 1. The van der Waals surface area contributed by atoms with E-state index in [0.717, 1.165) is 9.87 Å². The highest BCUT2D eigenvalue weighted by Gasteiger charge is 2.23. The van der Waals surface area contributed by atoms with Crippen LogP contribution in [0.1, 0.15) is 5.56 Å². The Balaban J connectivity index is 2.11. The van der Waals surface area contributed by atoms with Crippen LogP contribution in [-0.2, 0) is 14.8 Å². The van der Waals surface area contributed by atoms with Gasteiger partial charge in [0.15, 0.2) is 0 Å². The monoisotopic (exact) mass is 348 g/mol. The summed E-state index contributed by atoms with van der Waals surface area (Å²) < 4.78 is 31.0. The van der Waals surface area contributed by atoms with E-state index >= 15 is 0 Å². The zero-order valence-corrected chi connectivity index (χ0v) is 14.6. The normalized spacial score (nSPS) is 11.3. The molecule has 0 aliphatic heterocycles. The van der Waals surface area contributed by atoms with Gasteiger partial charge in [0.2, 0.25) is 15.9 Å². The van der Waals surface area contributed by atoms with Gasteiger partial charge in [0, 0.05) is 7.05 Å². The molecule has 6 nitrogen and oxygen atoms in total. The summed E-state index contributed by atoms with van der Waals surface area (Å²) in [5.41, 5.74) is 1.46. The molecule has 0 aliphatic carbocycles. The lowest BCUT2D eigenvalue weighted by Gasteiger charge is -2.17. The van der Waals surface area contributed by atoms with E-state index in [1.807, 2.05) is 13.0 Å². The molecule has 2 rings (SSSR count). The summed E-state index contributed by atoms with van der Waals surface area (Å²) in [5, 5.41) is 2.69. The van der Waals surface area contributed by atoms with Crippen molar-refractivity contribution >= 4 is 21.6 Å². The summed E-state index contributed by atoms with van der Waals surface area (Å²) in [6, 6.07) is 13.4. The number of hydrogen-bond acceptors (Lipinski definition) is 4. The Hall–Kier alpha value is -2.38. The van der Waals surface area contributed by atoms with Crippen LogP contribution in [0.5, 0.6) is 5.75 Å². The largest absolute Gasteiger partial charge is 0.495 e. The molecule has 0 aliphatic rings. The first-order valence-electron chi connectivity index (χ1n) is 7.30. The minimum absolute atomic E-state index is 0.147. The van der Waals surface area contributed by atoms with Crippen molar-refractivity contribution in [1.29, 1.82) is 0 Å². The smallest absolute Gasteiger partial charge is 0.243 e. The van der Waals surface area contributed by atoms with Crippen LogP contribution in [0.4, 0.5) is 5.69 Å². The lowest BCUT2D eigenvalue weighted by molar-refractivity contribution is -0.116. The van der Waals surface area contributed by atoms with Crippen LogP contribution in [0.25, 0.3) is 0 Å². The number of sulfonamides is 1. The fraction of sp³-hybridized carbons (Fsp3) is 0.235. The molecule has 2 aromatic rings. The van der Waals surface area contributed by atoms with Crippen molar-refractivity contribution in [3.05, 3.63) is 54.1 Å². The van der Waals surface area contributed by atoms with E-state index in [9.17, 15) is 13.2 Å². The van der Waals surface area contributed by atoms with Crippen molar-refractivity contribution in [2.24, 2.45) is 0 Å². The van der Waals surface area contributed by atoms with Crippen molar-refractivity contribution < 1.29 is 17.9 Å². The lowest BCUT2D eigenvalue weighted by atomic mass is 10.2. The fourth-order valence-electron chi connectivity index (χ4n) is 2.17. The number of carbonyl (C=O) groups excluding carboxylic acids is 1. The maximum atomic E-state index is 12.4.